The van der Waals surface area contributed by atoms with Crippen LogP contribution in [0.3, 0.4) is 0 Å². The minimum Gasteiger partial charge on any atom is -0.394 e. The molecule has 44 heavy (non-hydrogen) atoms. The Labute approximate surface area is 250 Å². The van der Waals surface area contributed by atoms with Crippen molar-refractivity contribution >= 4 is 0 Å². The normalized spacial score (nSPS) is 52.0. The Morgan fingerprint density at radius 2 is 1.27 bits per heavy atom. The van der Waals surface area contributed by atoms with Crippen LogP contribution in [0.25, 0.3) is 0 Å². The molecule has 4 aliphatic rings. The molecule has 1 aliphatic carbocycles. The maximum atomic E-state index is 13.5. The molecule has 0 amide bonds. The fourth-order valence-electron chi connectivity index (χ4n) is 5.79. The predicted octanol–water partition coefficient (Wildman–Crippen LogP) is -7.59. The standard InChI is InChI=1S/C25H42FNO17/c1-6-11(27-8-2-7(4-28)12(30)15(33)13(8)31)14(32)19(37)24(40-6)44-22-10(5-29)42-25(20(38)17(22)35)43-21-9(3-26)41-23(39)18(36)16(21)34/h2,6,8-25,27-39H,3-5H2,1H3/i26-1. The number of halogens is 1. The molecule has 0 radical (unpaired) electrons. The Morgan fingerprint density at radius 1 is 0.705 bits per heavy atom. The van der Waals surface area contributed by atoms with E-state index in [1.807, 2.05) is 0 Å². The number of hydrogen-bond donors (Lipinski definition) is 13. The van der Waals surface area contributed by atoms with Gasteiger partial charge in [-0.05, 0) is 12.5 Å². The number of alkyl halides is 1. The zero-order valence-electron chi connectivity index (χ0n) is 23.5. The summed E-state index contributed by atoms with van der Waals surface area (Å²) in [6.07, 6.45) is -27.4. The Morgan fingerprint density at radius 3 is 1.86 bits per heavy atom. The van der Waals surface area contributed by atoms with Gasteiger partial charge >= 0.3 is 0 Å². The van der Waals surface area contributed by atoms with Crippen LogP contribution in [-0.2, 0) is 23.7 Å². The lowest BCUT2D eigenvalue weighted by atomic mass is 9.86. The lowest BCUT2D eigenvalue weighted by Crippen LogP contribution is -2.68. The van der Waals surface area contributed by atoms with Crippen molar-refractivity contribution < 1.29 is 89.4 Å². The van der Waals surface area contributed by atoms with Crippen molar-refractivity contribution in [2.45, 2.75) is 123 Å². The second kappa shape index (κ2) is 14.8. The summed E-state index contributed by atoms with van der Waals surface area (Å²) in [7, 11) is 0. The molecule has 3 saturated heterocycles. The van der Waals surface area contributed by atoms with Crippen molar-refractivity contribution in [1.82, 2.24) is 5.32 Å². The monoisotopic (exact) mass is 646 g/mol. The third kappa shape index (κ3) is 6.95. The maximum absolute atomic E-state index is 13.5. The molecular formula is C25H42FNO17. The first-order valence-electron chi connectivity index (χ1n) is 14.1. The van der Waals surface area contributed by atoms with Crippen LogP contribution < -0.4 is 5.32 Å². The minimum atomic E-state index is -1.97. The van der Waals surface area contributed by atoms with Crippen molar-refractivity contribution in [1.29, 1.82) is 0 Å². The molecule has 0 aromatic carbocycles. The Bertz CT molecular complexity index is 964. The van der Waals surface area contributed by atoms with Gasteiger partial charge in [0.25, 0.3) is 0 Å². The van der Waals surface area contributed by atoms with Crippen LogP contribution in [0, 0.1) is 0 Å². The maximum Gasteiger partial charge on any atom is 0.187 e. The van der Waals surface area contributed by atoms with Crippen LogP contribution >= 0.6 is 0 Å². The molecule has 0 aromatic heterocycles. The van der Waals surface area contributed by atoms with Gasteiger partial charge < -0.3 is 90.3 Å². The topological polar surface area (TPSA) is 301 Å². The van der Waals surface area contributed by atoms with Crippen LogP contribution in [0.15, 0.2) is 11.6 Å². The molecule has 4 rings (SSSR count). The molecule has 3 aliphatic heterocycles. The van der Waals surface area contributed by atoms with Crippen molar-refractivity contribution in [3.8, 4) is 0 Å². The zero-order valence-corrected chi connectivity index (χ0v) is 23.5. The van der Waals surface area contributed by atoms with Crippen molar-refractivity contribution in [3.63, 3.8) is 0 Å². The molecule has 0 spiro atoms. The molecule has 3 fully saturated rings. The summed E-state index contributed by atoms with van der Waals surface area (Å²) in [6.45, 7) is -1.29. The highest BCUT2D eigenvalue weighted by atomic mass is 18.2. The number of ether oxygens (including phenoxy) is 5. The number of hydrogen-bond acceptors (Lipinski definition) is 18. The molecule has 0 aromatic rings. The van der Waals surface area contributed by atoms with Gasteiger partial charge in [0.1, 0.15) is 86.0 Å². The van der Waals surface area contributed by atoms with Crippen LogP contribution in [0.5, 0.6) is 0 Å². The molecule has 256 valence electrons. The highest BCUT2D eigenvalue weighted by molar-refractivity contribution is 5.22. The van der Waals surface area contributed by atoms with E-state index in [0.717, 1.165) is 0 Å². The van der Waals surface area contributed by atoms with Crippen LogP contribution in [0.4, 0.5) is 4.39 Å². The Balaban J connectivity index is 1.42. The van der Waals surface area contributed by atoms with Gasteiger partial charge in [-0.1, -0.05) is 6.08 Å². The van der Waals surface area contributed by atoms with E-state index in [1.54, 1.807) is 0 Å². The third-order valence-electron chi connectivity index (χ3n) is 8.45. The summed E-state index contributed by atoms with van der Waals surface area (Å²) in [5.74, 6) is 0. The molecule has 13 N–H and O–H groups in total. The van der Waals surface area contributed by atoms with Crippen molar-refractivity contribution in [2.24, 2.45) is 0 Å². The predicted molar refractivity (Wildman–Crippen MR) is 137 cm³/mol. The summed E-state index contributed by atoms with van der Waals surface area (Å²) in [5, 5.41) is 126. The van der Waals surface area contributed by atoms with Gasteiger partial charge in [0.05, 0.1) is 31.4 Å². The smallest absolute Gasteiger partial charge is 0.187 e. The molecule has 19 unspecified atom stereocenters. The zero-order chi connectivity index (χ0) is 32.6. The fraction of sp³-hybridized carbons (Fsp3) is 0.920. The first-order chi connectivity index (χ1) is 20.7. The van der Waals surface area contributed by atoms with Gasteiger partial charge in [0, 0.05) is 0 Å². The quantitative estimate of drug-likeness (QED) is 0.103. The average molecular weight is 647 g/mol. The number of rotatable bonds is 9. The molecule has 19 heteroatoms. The summed E-state index contributed by atoms with van der Waals surface area (Å²) in [4.78, 5) is 0. The van der Waals surface area contributed by atoms with Gasteiger partial charge in [0.15, 0.2) is 18.9 Å². The van der Waals surface area contributed by atoms with E-state index in [0.29, 0.717) is 0 Å². The molecule has 18 nitrogen and oxygen atoms in total. The van der Waals surface area contributed by atoms with E-state index in [1.165, 1.54) is 13.0 Å². The van der Waals surface area contributed by atoms with E-state index in [-0.39, 0.29) is 5.57 Å². The first-order valence-corrected chi connectivity index (χ1v) is 14.1. The Kier molecular flexibility index (Phi) is 12.0. The average Bonchev–Trinajstić information content (AvgIpc) is 3.00. The number of aliphatic hydroxyl groups is 12. The first kappa shape index (κ1) is 35.8. The molecule has 19 atom stereocenters. The Hall–Kier alpha value is -1.05. The molecule has 3 heterocycles. The number of aliphatic hydroxyl groups excluding tert-OH is 12. The van der Waals surface area contributed by atoms with Gasteiger partial charge in [-0.2, -0.15) is 0 Å². The van der Waals surface area contributed by atoms with Crippen LogP contribution in [-0.4, -0.2) is 198 Å². The van der Waals surface area contributed by atoms with Crippen molar-refractivity contribution in [3.05, 3.63) is 11.6 Å². The second-order valence-corrected chi connectivity index (χ2v) is 11.3. The molecule has 0 bridgehead atoms. The van der Waals surface area contributed by atoms with E-state index in [2.05, 4.69) is 5.32 Å². The van der Waals surface area contributed by atoms with E-state index in [9.17, 15) is 65.7 Å². The van der Waals surface area contributed by atoms with Gasteiger partial charge in [0.2, 0.25) is 0 Å². The summed E-state index contributed by atoms with van der Waals surface area (Å²) in [6, 6.07) is -2.19. The lowest BCUT2D eigenvalue weighted by molar-refractivity contribution is -0.373. The highest BCUT2D eigenvalue weighted by Crippen LogP contribution is 2.33. The van der Waals surface area contributed by atoms with Crippen molar-refractivity contribution in [2.75, 3.05) is 19.9 Å². The second-order valence-electron chi connectivity index (χ2n) is 11.3. The van der Waals surface area contributed by atoms with Crippen LogP contribution in [0.1, 0.15) is 6.92 Å². The van der Waals surface area contributed by atoms with E-state index in [4.69, 9.17) is 23.7 Å². The highest BCUT2D eigenvalue weighted by Gasteiger charge is 2.53. The largest absolute Gasteiger partial charge is 0.394 e. The van der Waals surface area contributed by atoms with Crippen LogP contribution in [0.2, 0.25) is 0 Å². The van der Waals surface area contributed by atoms with E-state index < -0.39 is 136 Å². The summed E-state index contributed by atoms with van der Waals surface area (Å²) in [5.41, 5.74) is 0.0163. The SMILES string of the molecule is CC1OC(OC2C(CO)OC(OC3C(C[18F])OC(O)C(O)C3O)C(O)C2O)C(O)C(O)C1NC1C=C(CO)C(O)C(O)C1O. The summed E-state index contributed by atoms with van der Waals surface area (Å²) < 4.78 is 40.6. The fourth-order valence-corrected chi connectivity index (χ4v) is 5.79. The lowest BCUT2D eigenvalue weighted by Gasteiger charge is -2.48. The van der Waals surface area contributed by atoms with Gasteiger partial charge in [-0.25, -0.2) is 4.39 Å². The van der Waals surface area contributed by atoms with E-state index >= 15 is 0 Å². The van der Waals surface area contributed by atoms with Gasteiger partial charge in [-0.3, -0.25) is 0 Å². The molecular weight excluding hydrogens is 604 g/mol. The number of nitrogens with one attached hydrogen (secondary N) is 1. The third-order valence-corrected chi connectivity index (χ3v) is 8.45. The summed E-state index contributed by atoms with van der Waals surface area (Å²) >= 11 is 0. The molecule has 0 saturated carbocycles. The minimum absolute atomic E-state index is 0.0163. The van der Waals surface area contributed by atoms with Gasteiger partial charge in [-0.15, -0.1) is 0 Å².